The van der Waals surface area contributed by atoms with Gasteiger partial charge in [0.15, 0.2) is 11.6 Å². The van der Waals surface area contributed by atoms with Crippen LogP contribution in [0.5, 0.6) is 0 Å². The highest BCUT2D eigenvalue weighted by Crippen LogP contribution is 2.34. The molecular weight excluding hydrogens is 459 g/mol. The van der Waals surface area contributed by atoms with Gasteiger partial charge in [0.2, 0.25) is 0 Å². The Morgan fingerprint density at radius 2 is 1.70 bits per heavy atom. The number of hydrazine groups is 1. The van der Waals surface area contributed by atoms with E-state index in [0.717, 1.165) is 23.2 Å². The summed E-state index contributed by atoms with van der Waals surface area (Å²) >= 11 is 5.91. The number of carbonyl (C=O) groups is 1. The van der Waals surface area contributed by atoms with Crippen molar-refractivity contribution in [1.29, 1.82) is 0 Å². The molecule has 0 aliphatic rings. The normalized spacial score (nSPS) is 11.3. The van der Waals surface area contributed by atoms with Crippen molar-refractivity contribution in [1.82, 2.24) is 20.4 Å². The molecule has 33 heavy (non-hydrogen) atoms. The van der Waals surface area contributed by atoms with Crippen LogP contribution >= 0.6 is 11.6 Å². The Balaban J connectivity index is 1.51. The van der Waals surface area contributed by atoms with E-state index in [1.54, 1.807) is 12.1 Å². The maximum absolute atomic E-state index is 12.8. The zero-order valence-electron chi connectivity index (χ0n) is 16.6. The van der Waals surface area contributed by atoms with Gasteiger partial charge in [0.25, 0.3) is 5.91 Å². The second-order valence-corrected chi connectivity index (χ2v) is 7.17. The van der Waals surface area contributed by atoms with Gasteiger partial charge in [0.1, 0.15) is 17.8 Å². The predicted molar refractivity (Wildman–Crippen MR) is 119 cm³/mol. The number of fused-ring (bicyclic) bond motifs is 1. The van der Waals surface area contributed by atoms with Crippen molar-refractivity contribution in [2.75, 3.05) is 16.5 Å². The first-order valence-corrected chi connectivity index (χ1v) is 9.76. The quantitative estimate of drug-likeness (QED) is 0.308. The Morgan fingerprint density at radius 1 is 0.970 bits per heavy atom. The summed E-state index contributed by atoms with van der Waals surface area (Å²) in [7, 11) is 0. The van der Waals surface area contributed by atoms with Crippen molar-refractivity contribution < 1.29 is 18.0 Å². The number of halogens is 4. The number of benzene rings is 2. The fraction of sp³-hybridized carbons (Fsp3) is 0.0476. The van der Waals surface area contributed by atoms with E-state index in [0.29, 0.717) is 11.8 Å². The third-order valence-corrected chi connectivity index (χ3v) is 4.91. The molecule has 0 unspecified atom stereocenters. The van der Waals surface area contributed by atoms with E-state index in [4.69, 9.17) is 17.3 Å². The summed E-state index contributed by atoms with van der Waals surface area (Å²) in [5.74, 6) is -0.419. The van der Waals surface area contributed by atoms with Crippen molar-refractivity contribution in [3.63, 3.8) is 0 Å². The molecule has 2 aromatic heterocycles. The molecule has 0 aliphatic heterocycles. The van der Waals surface area contributed by atoms with Crippen LogP contribution in [0.1, 0.15) is 15.9 Å². The smallest absolute Gasteiger partial charge is 0.393 e. The highest BCUT2D eigenvalue weighted by molar-refractivity contribution is 6.33. The number of amides is 1. The topological polar surface area (TPSA) is 118 Å². The van der Waals surface area contributed by atoms with Crippen LogP contribution < -0.4 is 21.9 Å². The monoisotopic (exact) mass is 473 g/mol. The number of nitrogens with two attached hydrogens (primary N) is 1. The summed E-state index contributed by atoms with van der Waals surface area (Å²) in [6, 6.07) is 13.5. The number of hydrogen-bond donors (Lipinski definition) is 4. The standard InChI is InChI=1S/C21H15ClF3N7O/c22-15-8-12(21(23,24)25)9-27-17(15)30-18-16(26)19(29-10-28-18)31-32-20(33)14-7-3-5-11-4-1-2-6-13(11)14/h1-10H,26H2,(H,32,33)(H2,27,28,29,30,31). The molecule has 168 valence electrons. The molecule has 0 saturated carbocycles. The van der Waals surface area contributed by atoms with Gasteiger partial charge >= 0.3 is 6.18 Å². The van der Waals surface area contributed by atoms with Crippen LogP contribution in [0.2, 0.25) is 5.02 Å². The van der Waals surface area contributed by atoms with E-state index in [-0.39, 0.29) is 28.2 Å². The van der Waals surface area contributed by atoms with Gasteiger partial charge in [-0.1, -0.05) is 48.0 Å². The fourth-order valence-electron chi connectivity index (χ4n) is 3.00. The highest BCUT2D eigenvalue weighted by Gasteiger charge is 2.31. The summed E-state index contributed by atoms with van der Waals surface area (Å²) in [5.41, 5.74) is 10.6. The SMILES string of the molecule is Nc1c(NNC(=O)c2cccc3ccccc23)ncnc1Nc1ncc(C(F)(F)F)cc1Cl. The average molecular weight is 474 g/mol. The summed E-state index contributed by atoms with van der Waals surface area (Å²) in [6.45, 7) is 0. The largest absolute Gasteiger partial charge is 0.417 e. The number of hydrogen-bond acceptors (Lipinski definition) is 7. The third kappa shape index (κ3) is 4.72. The van der Waals surface area contributed by atoms with E-state index in [1.807, 2.05) is 30.3 Å². The third-order valence-electron chi connectivity index (χ3n) is 4.62. The molecule has 0 saturated heterocycles. The summed E-state index contributed by atoms with van der Waals surface area (Å²) in [5, 5.41) is 4.05. The number of nitrogen functional groups attached to an aromatic ring is 1. The lowest BCUT2D eigenvalue weighted by molar-refractivity contribution is -0.137. The first-order chi connectivity index (χ1) is 15.7. The van der Waals surface area contributed by atoms with E-state index < -0.39 is 17.6 Å². The molecule has 0 spiro atoms. The molecule has 0 bridgehead atoms. The second-order valence-electron chi connectivity index (χ2n) is 6.77. The number of alkyl halides is 3. The Kier molecular flexibility index (Phi) is 5.88. The van der Waals surface area contributed by atoms with Gasteiger partial charge in [-0.3, -0.25) is 15.6 Å². The fourth-order valence-corrected chi connectivity index (χ4v) is 3.21. The predicted octanol–water partition coefficient (Wildman–Crippen LogP) is 4.78. The van der Waals surface area contributed by atoms with E-state index >= 15 is 0 Å². The first kappa shape index (κ1) is 22.1. The lowest BCUT2D eigenvalue weighted by Gasteiger charge is -2.14. The molecule has 0 atom stereocenters. The van der Waals surface area contributed by atoms with Gasteiger partial charge < -0.3 is 11.1 Å². The molecule has 2 heterocycles. The van der Waals surface area contributed by atoms with Crippen LogP contribution in [0.15, 0.2) is 61.1 Å². The number of nitrogens with zero attached hydrogens (tertiary/aromatic N) is 3. The number of carbonyl (C=O) groups excluding carboxylic acids is 1. The van der Waals surface area contributed by atoms with Crippen molar-refractivity contribution in [3.8, 4) is 0 Å². The van der Waals surface area contributed by atoms with Crippen molar-refractivity contribution in [2.45, 2.75) is 6.18 Å². The molecule has 8 nitrogen and oxygen atoms in total. The second kappa shape index (κ2) is 8.79. The number of anilines is 4. The Hall–Kier alpha value is -4.12. The van der Waals surface area contributed by atoms with Crippen molar-refractivity contribution in [2.24, 2.45) is 0 Å². The summed E-state index contributed by atoms with van der Waals surface area (Å²) < 4.78 is 38.4. The number of pyridine rings is 1. The summed E-state index contributed by atoms with van der Waals surface area (Å²) in [4.78, 5) is 24.3. The zero-order chi connectivity index (χ0) is 23.6. The van der Waals surface area contributed by atoms with Crippen molar-refractivity contribution >= 4 is 51.4 Å². The van der Waals surface area contributed by atoms with E-state index in [9.17, 15) is 18.0 Å². The number of rotatable bonds is 5. The van der Waals surface area contributed by atoms with Crippen LogP contribution in [0.25, 0.3) is 10.8 Å². The first-order valence-electron chi connectivity index (χ1n) is 9.38. The van der Waals surface area contributed by atoms with Gasteiger partial charge in [0.05, 0.1) is 10.6 Å². The lowest BCUT2D eigenvalue weighted by Crippen LogP contribution is -2.30. The minimum atomic E-state index is -4.58. The Bertz CT molecular complexity index is 1340. The molecule has 0 aliphatic carbocycles. The molecule has 2 aromatic carbocycles. The molecule has 4 rings (SSSR count). The van der Waals surface area contributed by atoms with Crippen molar-refractivity contribution in [3.05, 3.63) is 77.2 Å². The van der Waals surface area contributed by atoms with E-state index in [2.05, 4.69) is 31.1 Å². The van der Waals surface area contributed by atoms with Gasteiger partial charge in [-0.15, -0.1) is 0 Å². The van der Waals surface area contributed by atoms with Gasteiger partial charge in [0, 0.05) is 11.8 Å². The maximum Gasteiger partial charge on any atom is 0.417 e. The maximum atomic E-state index is 12.8. The molecule has 12 heteroatoms. The molecular formula is C21H15ClF3N7O. The minimum absolute atomic E-state index is 0.0199. The van der Waals surface area contributed by atoms with E-state index in [1.165, 1.54) is 0 Å². The molecule has 5 N–H and O–H groups in total. The number of nitrogens with one attached hydrogen (secondary N) is 3. The minimum Gasteiger partial charge on any atom is -0.393 e. The highest BCUT2D eigenvalue weighted by atomic mass is 35.5. The van der Waals surface area contributed by atoms with Crippen LogP contribution in [0.4, 0.5) is 36.3 Å². The van der Waals surface area contributed by atoms with Crippen LogP contribution in [0, 0.1) is 0 Å². The zero-order valence-corrected chi connectivity index (χ0v) is 17.4. The van der Waals surface area contributed by atoms with Gasteiger partial charge in [-0.2, -0.15) is 13.2 Å². The average Bonchev–Trinajstić information content (AvgIpc) is 2.79. The molecule has 0 fully saturated rings. The molecule has 1 amide bonds. The lowest BCUT2D eigenvalue weighted by atomic mass is 10.0. The Labute approximate surface area is 190 Å². The number of aromatic nitrogens is 3. The Morgan fingerprint density at radius 3 is 2.45 bits per heavy atom. The molecule has 0 radical (unpaired) electrons. The van der Waals surface area contributed by atoms with Crippen LogP contribution in [-0.4, -0.2) is 20.9 Å². The summed E-state index contributed by atoms with van der Waals surface area (Å²) in [6.07, 6.45) is -2.80. The van der Waals surface area contributed by atoms with Gasteiger partial charge in [-0.25, -0.2) is 15.0 Å². The van der Waals surface area contributed by atoms with Crippen LogP contribution in [0.3, 0.4) is 0 Å². The molecule has 4 aromatic rings. The van der Waals surface area contributed by atoms with Crippen LogP contribution in [-0.2, 0) is 6.18 Å². The van der Waals surface area contributed by atoms with Gasteiger partial charge in [-0.05, 0) is 22.9 Å².